The van der Waals surface area contributed by atoms with Crippen molar-refractivity contribution in [2.45, 2.75) is 154 Å². The molecule has 4 N–H and O–H groups in total. The first-order valence-electron chi connectivity index (χ1n) is 15.3. The molecule has 0 heterocycles. The maximum Gasteiger partial charge on any atom is 0.249 e. The monoisotopic (exact) mass is 521 g/mol. The molecule has 3 atom stereocenters. The molecule has 0 fully saturated rings. The van der Waals surface area contributed by atoms with Gasteiger partial charge in [0.2, 0.25) is 5.91 Å². The van der Waals surface area contributed by atoms with E-state index in [0.29, 0.717) is 6.42 Å². The number of allylic oxidation sites excluding steroid dienone is 5. The van der Waals surface area contributed by atoms with Crippen LogP contribution in [0.15, 0.2) is 36.5 Å². The lowest BCUT2D eigenvalue weighted by molar-refractivity contribution is -0.131. The minimum atomic E-state index is -1.11. The van der Waals surface area contributed by atoms with Crippen molar-refractivity contribution in [2.75, 3.05) is 6.61 Å². The van der Waals surface area contributed by atoms with Gasteiger partial charge in [-0.3, -0.25) is 4.79 Å². The molecule has 5 heteroatoms. The standard InChI is InChI=1S/C32H59NO4/c1-3-5-7-9-11-13-15-17-18-20-22-24-26-30(35)29(28-34)33-32(37)31(36)27-25-23-21-19-16-14-12-10-8-6-4-2/h12,14,17-18,24,26,29-31,34-36H,3-11,13,15-16,19-23,25,27-28H2,1-2H3,(H,33,37)/b14-12-,18-17+,26-24+. The van der Waals surface area contributed by atoms with Gasteiger partial charge in [0.1, 0.15) is 6.10 Å². The highest BCUT2D eigenvalue weighted by molar-refractivity contribution is 5.80. The molecule has 3 unspecified atom stereocenters. The zero-order valence-corrected chi connectivity index (χ0v) is 24.1. The van der Waals surface area contributed by atoms with Crippen LogP contribution in [0.1, 0.15) is 136 Å². The zero-order chi connectivity index (χ0) is 27.4. The van der Waals surface area contributed by atoms with Crippen LogP contribution >= 0.6 is 0 Å². The van der Waals surface area contributed by atoms with E-state index < -0.39 is 24.2 Å². The highest BCUT2D eigenvalue weighted by Crippen LogP contribution is 2.10. The van der Waals surface area contributed by atoms with Gasteiger partial charge in [0.05, 0.1) is 18.8 Å². The summed E-state index contributed by atoms with van der Waals surface area (Å²) in [6.45, 7) is 4.07. The normalized spacial score (nSPS) is 14.6. The number of amides is 1. The largest absolute Gasteiger partial charge is 0.394 e. The Kier molecular flexibility index (Phi) is 26.5. The van der Waals surface area contributed by atoms with Crippen molar-refractivity contribution in [3.63, 3.8) is 0 Å². The average Bonchev–Trinajstić information content (AvgIpc) is 2.90. The molecule has 216 valence electrons. The number of hydrogen-bond donors (Lipinski definition) is 4. The molecule has 1 amide bonds. The van der Waals surface area contributed by atoms with Crippen LogP contribution in [-0.2, 0) is 4.79 Å². The maximum atomic E-state index is 12.3. The van der Waals surface area contributed by atoms with Gasteiger partial charge < -0.3 is 20.6 Å². The minimum absolute atomic E-state index is 0.381. The lowest BCUT2D eigenvalue weighted by Gasteiger charge is -2.21. The van der Waals surface area contributed by atoms with Crippen LogP contribution in [0, 0.1) is 0 Å². The van der Waals surface area contributed by atoms with Crippen LogP contribution in [-0.4, -0.2) is 46.1 Å². The van der Waals surface area contributed by atoms with E-state index in [-0.39, 0.29) is 6.61 Å². The molecule has 0 aliphatic carbocycles. The lowest BCUT2D eigenvalue weighted by Crippen LogP contribution is -2.48. The van der Waals surface area contributed by atoms with E-state index in [1.165, 1.54) is 64.2 Å². The molecule has 5 nitrogen and oxygen atoms in total. The number of carbonyl (C=O) groups is 1. The Labute approximate surface area is 228 Å². The quantitative estimate of drug-likeness (QED) is 0.0710. The van der Waals surface area contributed by atoms with Crippen LogP contribution in [0.5, 0.6) is 0 Å². The van der Waals surface area contributed by atoms with Crippen LogP contribution < -0.4 is 5.32 Å². The van der Waals surface area contributed by atoms with Crippen molar-refractivity contribution >= 4 is 5.91 Å². The van der Waals surface area contributed by atoms with Crippen molar-refractivity contribution < 1.29 is 20.1 Å². The molecule has 0 saturated carbocycles. The van der Waals surface area contributed by atoms with E-state index in [1.54, 1.807) is 6.08 Å². The number of unbranched alkanes of at least 4 members (excludes halogenated alkanes) is 14. The highest BCUT2D eigenvalue weighted by Gasteiger charge is 2.22. The Balaban J connectivity index is 3.93. The molecule has 0 aromatic carbocycles. The molecule has 0 spiro atoms. The smallest absolute Gasteiger partial charge is 0.249 e. The molecule has 0 radical (unpaired) electrons. The highest BCUT2D eigenvalue weighted by atomic mass is 16.3. The van der Waals surface area contributed by atoms with E-state index in [2.05, 4.69) is 43.5 Å². The molecule has 0 aromatic rings. The molecule has 0 saturated heterocycles. The number of rotatable bonds is 26. The number of carbonyl (C=O) groups excluding carboxylic acids is 1. The molecule has 0 aliphatic heterocycles. The summed E-state index contributed by atoms with van der Waals surface area (Å²) in [5.41, 5.74) is 0. The van der Waals surface area contributed by atoms with Crippen molar-refractivity contribution in [3.05, 3.63) is 36.5 Å². The number of aliphatic hydroxyl groups excluding tert-OH is 3. The first-order chi connectivity index (χ1) is 18.1. The van der Waals surface area contributed by atoms with Gasteiger partial charge in [-0.15, -0.1) is 0 Å². The third-order valence-corrected chi connectivity index (χ3v) is 6.70. The van der Waals surface area contributed by atoms with Crippen LogP contribution in [0.4, 0.5) is 0 Å². The van der Waals surface area contributed by atoms with E-state index >= 15 is 0 Å². The molecular formula is C32H59NO4. The minimum Gasteiger partial charge on any atom is -0.394 e. The summed E-state index contributed by atoms with van der Waals surface area (Å²) in [7, 11) is 0. The van der Waals surface area contributed by atoms with Gasteiger partial charge >= 0.3 is 0 Å². The Hall–Kier alpha value is -1.43. The third kappa shape index (κ3) is 23.4. The molecule has 0 bridgehead atoms. The van der Waals surface area contributed by atoms with Crippen LogP contribution in [0.3, 0.4) is 0 Å². The van der Waals surface area contributed by atoms with Gasteiger partial charge in [-0.25, -0.2) is 0 Å². The SMILES string of the molecule is CCCCC/C=C\CCCCCCC(O)C(=O)NC(CO)C(O)/C=C/CC/C=C/CCCCCCCC. The number of hydrogen-bond acceptors (Lipinski definition) is 4. The van der Waals surface area contributed by atoms with E-state index in [4.69, 9.17) is 0 Å². The average molecular weight is 522 g/mol. The summed E-state index contributed by atoms with van der Waals surface area (Å²) in [5, 5.41) is 32.7. The zero-order valence-electron chi connectivity index (χ0n) is 24.1. The van der Waals surface area contributed by atoms with E-state index in [1.807, 2.05) is 6.08 Å². The van der Waals surface area contributed by atoms with E-state index in [0.717, 1.165) is 51.4 Å². The third-order valence-electron chi connectivity index (χ3n) is 6.70. The summed E-state index contributed by atoms with van der Waals surface area (Å²) in [6.07, 6.45) is 31.5. The van der Waals surface area contributed by atoms with Crippen molar-refractivity contribution in [2.24, 2.45) is 0 Å². The van der Waals surface area contributed by atoms with Gasteiger partial charge in [-0.2, -0.15) is 0 Å². The predicted octanol–water partition coefficient (Wildman–Crippen LogP) is 7.31. The topological polar surface area (TPSA) is 89.8 Å². The Morgan fingerprint density at radius 2 is 1.11 bits per heavy atom. The maximum absolute atomic E-state index is 12.3. The van der Waals surface area contributed by atoms with Gasteiger partial charge in [0.15, 0.2) is 0 Å². The second-order valence-corrected chi connectivity index (χ2v) is 10.3. The number of nitrogens with one attached hydrogen (secondary N) is 1. The molecule has 0 aromatic heterocycles. The van der Waals surface area contributed by atoms with Crippen LogP contribution in [0.25, 0.3) is 0 Å². The van der Waals surface area contributed by atoms with Crippen molar-refractivity contribution in [3.8, 4) is 0 Å². The summed E-state index contributed by atoms with van der Waals surface area (Å²) < 4.78 is 0. The summed E-state index contributed by atoms with van der Waals surface area (Å²) in [4.78, 5) is 12.3. The first kappa shape index (κ1) is 35.6. The van der Waals surface area contributed by atoms with Crippen molar-refractivity contribution in [1.29, 1.82) is 0 Å². The molecule has 37 heavy (non-hydrogen) atoms. The first-order valence-corrected chi connectivity index (χ1v) is 15.3. The van der Waals surface area contributed by atoms with Gasteiger partial charge in [-0.1, -0.05) is 115 Å². The summed E-state index contributed by atoms with van der Waals surface area (Å²) in [5.74, 6) is -0.529. The van der Waals surface area contributed by atoms with E-state index in [9.17, 15) is 20.1 Å². The van der Waals surface area contributed by atoms with Gasteiger partial charge in [0.25, 0.3) is 0 Å². The summed E-state index contributed by atoms with van der Waals surface area (Å²) >= 11 is 0. The lowest BCUT2D eigenvalue weighted by atomic mass is 10.1. The summed E-state index contributed by atoms with van der Waals surface area (Å²) in [6, 6.07) is -0.814. The Bertz CT molecular complexity index is 587. The fourth-order valence-corrected chi connectivity index (χ4v) is 4.19. The molecular weight excluding hydrogens is 462 g/mol. The second-order valence-electron chi connectivity index (χ2n) is 10.3. The van der Waals surface area contributed by atoms with Crippen LogP contribution in [0.2, 0.25) is 0 Å². The van der Waals surface area contributed by atoms with Gasteiger partial charge in [-0.05, 0) is 57.8 Å². The van der Waals surface area contributed by atoms with Gasteiger partial charge in [0, 0.05) is 0 Å². The van der Waals surface area contributed by atoms with Crippen molar-refractivity contribution in [1.82, 2.24) is 5.32 Å². The second kappa shape index (κ2) is 27.6. The Morgan fingerprint density at radius 1 is 0.649 bits per heavy atom. The fraction of sp³-hybridized carbons (Fsp3) is 0.781. The predicted molar refractivity (Wildman–Crippen MR) is 158 cm³/mol. The molecule has 0 aliphatic rings. The fourth-order valence-electron chi connectivity index (χ4n) is 4.19. The molecule has 0 rings (SSSR count). The Morgan fingerprint density at radius 3 is 1.70 bits per heavy atom. The number of aliphatic hydroxyl groups is 3.